The third kappa shape index (κ3) is 4.26. The third-order valence-corrected chi connectivity index (χ3v) is 5.58. The van der Waals surface area contributed by atoms with Gasteiger partial charge in [0.15, 0.2) is 0 Å². The second-order valence-electron chi connectivity index (χ2n) is 6.32. The lowest BCUT2D eigenvalue weighted by molar-refractivity contribution is -0.121. The van der Waals surface area contributed by atoms with Gasteiger partial charge in [-0.05, 0) is 61.5 Å². The van der Waals surface area contributed by atoms with Gasteiger partial charge >= 0.3 is 5.97 Å². The highest BCUT2D eigenvalue weighted by Crippen LogP contribution is 2.24. The predicted molar refractivity (Wildman–Crippen MR) is 104 cm³/mol. The molecule has 27 heavy (non-hydrogen) atoms. The summed E-state index contributed by atoms with van der Waals surface area (Å²) in [5, 5.41) is 5.25. The summed E-state index contributed by atoms with van der Waals surface area (Å²) >= 11 is 1.70. The largest absolute Gasteiger partial charge is 0.462 e. The van der Waals surface area contributed by atoms with E-state index in [1.54, 1.807) is 42.5 Å². The minimum absolute atomic E-state index is 0.141. The number of anilines is 1. The number of imide groups is 1. The molecule has 1 atom stereocenters. The molecule has 1 fully saturated rings. The molecule has 2 amide bonds. The second-order valence-corrected chi connectivity index (χ2v) is 7.32. The fourth-order valence-electron chi connectivity index (χ4n) is 3.04. The zero-order chi connectivity index (χ0) is 19.4. The number of ether oxygens (including phenoxy) is 1. The van der Waals surface area contributed by atoms with Crippen LogP contribution in [0.1, 0.15) is 34.1 Å². The molecule has 0 saturated carbocycles. The number of benzene rings is 1. The van der Waals surface area contributed by atoms with Gasteiger partial charge in [0.25, 0.3) is 5.91 Å². The summed E-state index contributed by atoms with van der Waals surface area (Å²) in [5.41, 5.74) is 2.11. The molecule has 0 radical (unpaired) electrons. The summed E-state index contributed by atoms with van der Waals surface area (Å²) in [4.78, 5) is 39.2. The van der Waals surface area contributed by atoms with Crippen molar-refractivity contribution in [3.63, 3.8) is 0 Å². The number of thiophene rings is 1. The van der Waals surface area contributed by atoms with Crippen molar-refractivity contribution in [2.24, 2.45) is 0 Å². The zero-order valence-electron chi connectivity index (χ0n) is 15.4. The van der Waals surface area contributed by atoms with Gasteiger partial charge in [-0.25, -0.2) is 9.69 Å². The van der Waals surface area contributed by atoms with Gasteiger partial charge in [-0.1, -0.05) is 0 Å². The van der Waals surface area contributed by atoms with Gasteiger partial charge in [-0.3, -0.25) is 9.59 Å². The molecule has 7 heteroatoms. The summed E-state index contributed by atoms with van der Waals surface area (Å²) < 4.78 is 4.94. The van der Waals surface area contributed by atoms with Crippen LogP contribution in [0.25, 0.3) is 0 Å². The van der Waals surface area contributed by atoms with E-state index < -0.39 is 12.0 Å². The molecule has 0 spiro atoms. The van der Waals surface area contributed by atoms with Gasteiger partial charge in [0.05, 0.1) is 30.3 Å². The van der Waals surface area contributed by atoms with E-state index in [2.05, 4.69) is 23.7 Å². The van der Waals surface area contributed by atoms with E-state index in [0.717, 1.165) is 6.42 Å². The highest BCUT2D eigenvalue weighted by atomic mass is 32.1. The number of hydrogen-bond donors (Lipinski definition) is 1. The summed E-state index contributed by atoms with van der Waals surface area (Å²) in [6.07, 6.45) is 0.970. The van der Waals surface area contributed by atoms with E-state index in [1.165, 1.54) is 15.3 Å². The van der Waals surface area contributed by atoms with Crippen LogP contribution in [0.5, 0.6) is 0 Å². The number of amides is 2. The van der Waals surface area contributed by atoms with E-state index in [9.17, 15) is 14.4 Å². The Bertz CT molecular complexity index is 844. The SMILES string of the molecule is CCOC(=O)c1ccc(N2C(=O)C[C@H](NCCc3sccc3C)C2=O)cc1. The van der Waals surface area contributed by atoms with Crippen LogP contribution in [0.3, 0.4) is 0 Å². The Labute approximate surface area is 162 Å². The van der Waals surface area contributed by atoms with Crippen LogP contribution < -0.4 is 10.2 Å². The first-order valence-corrected chi connectivity index (χ1v) is 9.79. The molecule has 0 aliphatic carbocycles. The molecule has 2 aromatic rings. The van der Waals surface area contributed by atoms with Crippen molar-refractivity contribution in [2.75, 3.05) is 18.1 Å². The zero-order valence-corrected chi connectivity index (χ0v) is 16.2. The first-order valence-electron chi connectivity index (χ1n) is 8.91. The normalized spacial score (nSPS) is 16.8. The van der Waals surface area contributed by atoms with Crippen molar-refractivity contribution < 1.29 is 19.1 Å². The number of aryl methyl sites for hydroxylation is 1. The van der Waals surface area contributed by atoms with E-state index in [-0.39, 0.29) is 18.2 Å². The van der Waals surface area contributed by atoms with Crippen LogP contribution in [0.4, 0.5) is 5.69 Å². The maximum Gasteiger partial charge on any atom is 0.338 e. The van der Waals surface area contributed by atoms with Crippen molar-refractivity contribution in [3.8, 4) is 0 Å². The maximum atomic E-state index is 12.7. The van der Waals surface area contributed by atoms with Gasteiger partial charge < -0.3 is 10.1 Å². The summed E-state index contributed by atoms with van der Waals surface area (Å²) in [6.45, 7) is 4.74. The molecule has 3 rings (SSSR count). The highest BCUT2D eigenvalue weighted by Gasteiger charge is 2.39. The summed E-state index contributed by atoms with van der Waals surface area (Å²) in [7, 11) is 0. The lowest BCUT2D eigenvalue weighted by Crippen LogP contribution is -2.39. The van der Waals surface area contributed by atoms with Crippen molar-refractivity contribution in [2.45, 2.75) is 32.7 Å². The van der Waals surface area contributed by atoms with Crippen LogP contribution >= 0.6 is 11.3 Å². The molecule has 0 bridgehead atoms. The molecule has 1 aromatic heterocycles. The van der Waals surface area contributed by atoms with Crippen LogP contribution in [0.15, 0.2) is 35.7 Å². The fraction of sp³-hybridized carbons (Fsp3) is 0.350. The van der Waals surface area contributed by atoms with Crippen molar-refractivity contribution in [1.82, 2.24) is 5.32 Å². The van der Waals surface area contributed by atoms with Crippen molar-refractivity contribution in [3.05, 3.63) is 51.7 Å². The molecule has 142 valence electrons. The Morgan fingerprint density at radius 2 is 2.00 bits per heavy atom. The Kier molecular flexibility index (Phi) is 6.03. The van der Waals surface area contributed by atoms with Gasteiger partial charge in [0.1, 0.15) is 0 Å². The molecule has 1 aromatic carbocycles. The Morgan fingerprint density at radius 3 is 2.63 bits per heavy atom. The number of carbonyl (C=O) groups excluding carboxylic acids is 3. The number of nitrogens with one attached hydrogen (secondary N) is 1. The van der Waals surface area contributed by atoms with E-state index in [1.807, 2.05) is 0 Å². The summed E-state index contributed by atoms with van der Waals surface area (Å²) in [6, 6.07) is 7.88. The third-order valence-electron chi connectivity index (χ3n) is 4.49. The molecule has 1 aliphatic heterocycles. The van der Waals surface area contributed by atoms with E-state index in [4.69, 9.17) is 4.74 Å². The molecular weight excluding hydrogens is 364 g/mol. The smallest absolute Gasteiger partial charge is 0.338 e. The quantitative estimate of drug-likeness (QED) is 0.585. The predicted octanol–water partition coefficient (Wildman–Crippen LogP) is 2.70. The van der Waals surface area contributed by atoms with Gasteiger partial charge in [0.2, 0.25) is 5.91 Å². The number of nitrogens with zero attached hydrogens (tertiary/aromatic N) is 1. The number of esters is 1. The Balaban J connectivity index is 1.62. The van der Waals surface area contributed by atoms with Gasteiger partial charge in [-0.15, -0.1) is 11.3 Å². The minimum Gasteiger partial charge on any atom is -0.462 e. The van der Waals surface area contributed by atoms with Crippen molar-refractivity contribution >= 4 is 34.8 Å². The van der Waals surface area contributed by atoms with E-state index in [0.29, 0.717) is 24.4 Å². The average molecular weight is 386 g/mol. The molecule has 1 aliphatic rings. The average Bonchev–Trinajstić information content (AvgIpc) is 3.18. The van der Waals surface area contributed by atoms with Crippen LogP contribution in [0.2, 0.25) is 0 Å². The Morgan fingerprint density at radius 1 is 1.26 bits per heavy atom. The number of carbonyl (C=O) groups is 3. The van der Waals surface area contributed by atoms with Crippen LogP contribution in [-0.2, 0) is 20.7 Å². The number of rotatable bonds is 7. The minimum atomic E-state index is -0.512. The second kappa shape index (κ2) is 8.45. The molecule has 0 unspecified atom stereocenters. The van der Waals surface area contributed by atoms with E-state index >= 15 is 0 Å². The van der Waals surface area contributed by atoms with Crippen LogP contribution in [0, 0.1) is 6.92 Å². The molecule has 2 heterocycles. The van der Waals surface area contributed by atoms with Gasteiger partial charge in [0, 0.05) is 11.4 Å². The molecule has 6 nitrogen and oxygen atoms in total. The van der Waals surface area contributed by atoms with Crippen molar-refractivity contribution in [1.29, 1.82) is 0 Å². The highest BCUT2D eigenvalue weighted by molar-refractivity contribution is 7.10. The molecular formula is C20H22N2O4S. The number of hydrogen-bond acceptors (Lipinski definition) is 6. The monoisotopic (exact) mass is 386 g/mol. The maximum absolute atomic E-state index is 12.7. The molecule has 1 N–H and O–H groups in total. The first kappa shape index (κ1) is 19.3. The molecule has 1 saturated heterocycles. The summed E-state index contributed by atoms with van der Waals surface area (Å²) in [5.74, 6) is -0.924. The standard InChI is InChI=1S/C20H22N2O4S/c1-3-26-20(25)14-4-6-15(7-5-14)22-18(23)12-16(19(22)24)21-10-8-17-13(2)9-11-27-17/h4-7,9,11,16,21H,3,8,10,12H2,1-2H3/t16-/m0/s1. The lowest BCUT2D eigenvalue weighted by Gasteiger charge is -2.16. The Hall–Kier alpha value is -2.51. The van der Waals surface area contributed by atoms with Gasteiger partial charge in [-0.2, -0.15) is 0 Å². The van der Waals surface area contributed by atoms with Crippen LogP contribution in [-0.4, -0.2) is 37.0 Å². The first-order chi connectivity index (χ1) is 13.0. The lowest BCUT2D eigenvalue weighted by atomic mass is 10.2. The topological polar surface area (TPSA) is 75.7 Å². The fourth-order valence-corrected chi connectivity index (χ4v) is 3.95.